The number of aliphatic hydroxyl groups excluding tert-OH is 1. The van der Waals surface area contributed by atoms with Crippen molar-refractivity contribution in [2.45, 2.75) is 32.0 Å². The number of hydrogen-bond acceptors (Lipinski definition) is 3. The zero-order valence-electron chi connectivity index (χ0n) is 14.3. The molecule has 0 aliphatic rings. The zero-order chi connectivity index (χ0) is 16.1. The summed E-state index contributed by atoms with van der Waals surface area (Å²) >= 11 is 0. The van der Waals surface area contributed by atoms with E-state index in [0.29, 0.717) is 0 Å². The average Bonchev–Trinajstić information content (AvgIpc) is 2.45. The molecule has 0 aromatic carbocycles. The van der Waals surface area contributed by atoms with Gasteiger partial charge in [0.25, 0.3) is 0 Å². The Morgan fingerprint density at radius 1 is 1.50 bits per heavy atom. The second kappa shape index (κ2) is 24.4. The maximum atomic E-state index is 8.58. The molecule has 0 aromatic rings. The maximum absolute atomic E-state index is 8.58. The number of methoxy groups -OCH3 is 1. The van der Waals surface area contributed by atoms with Crippen LogP contribution in [0.15, 0.2) is 6.08 Å². The molecule has 0 rings (SSSR count). The van der Waals surface area contributed by atoms with Crippen LogP contribution in [-0.4, -0.2) is 25.4 Å². The average molecular weight is 459 g/mol. The second-order valence-corrected chi connectivity index (χ2v) is 2.17. The van der Waals surface area contributed by atoms with E-state index in [-0.39, 0.29) is 44.3 Å². The molecule has 0 aromatic heterocycles. The van der Waals surface area contributed by atoms with Crippen LogP contribution in [0, 0.1) is 55.4 Å². The summed E-state index contributed by atoms with van der Waals surface area (Å²) in [7, 11) is 1.41. The van der Waals surface area contributed by atoms with Gasteiger partial charge in [-0.2, -0.15) is 12.5 Å². The first-order valence-corrected chi connectivity index (χ1v) is 4.34. The fourth-order valence-corrected chi connectivity index (χ4v) is 0.498. The summed E-state index contributed by atoms with van der Waals surface area (Å²) < 4.78 is 42.5. The molecule has 90 valence electrons. The third-order valence-electron chi connectivity index (χ3n) is 1.05. The molecule has 0 heterocycles. The summed E-state index contributed by atoms with van der Waals surface area (Å²) in [4.78, 5) is 0. The van der Waals surface area contributed by atoms with Crippen LogP contribution in [0.3, 0.4) is 0 Å². The van der Waals surface area contributed by atoms with Gasteiger partial charge in [-0.05, 0) is 7.77 Å². The molecule has 0 aliphatic carbocycles. The number of allylic oxidation sites excluding steroid dienone is 1. The van der Waals surface area contributed by atoms with E-state index < -0.39 is 32.0 Å². The largest absolute Gasteiger partial charge is 2.00 e. The summed E-state index contributed by atoms with van der Waals surface area (Å²) in [6.07, 6.45) is -3.11. The minimum Gasteiger partial charge on any atom is -0.428 e. The van der Waals surface area contributed by atoms with Gasteiger partial charge in [0, 0.05) is 19.2 Å². The van der Waals surface area contributed by atoms with Crippen LogP contribution in [-0.2, 0) is 4.74 Å². The van der Waals surface area contributed by atoms with Crippen molar-refractivity contribution in [3.8, 4) is 6.07 Å². The monoisotopic (exact) mass is 459 g/mol. The number of ether oxygens (including phenoxy) is 1. The van der Waals surface area contributed by atoms with E-state index in [2.05, 4.69) is 6.58 Å². The third kappa shape index (κ3) is 29.2. The van der Waals surface area contributed by atoms with Gasteiger partial charge in [-0.3, -0.25) is 6.58 Å². The Hall–Kier alpha value is 0.202. The Kier molecular flexibility index (Phi) is 17.3. The van der Waals surface area contributed by atoms with E-state index in [1.54, 1.807) is 6.07 Å². The predicted octanol–water partition coefficient (Wildman–Crippen LogP) is 2.28. The van der Waals surface area contributed by atoms with E-state index in [9.17, 15) is 0 Å². The van der Waals surface area contributed by atoms with Gasteiger partial charge >= 0.3 is 31.1 Å². The zero-order valence-corrected chi connectivity index (χ0v) is 13.5. The standard InChI is InChI=1S/C9H19O2.C3H2N.U/c1-11-9-7-5-3-2-4-6-8-10;1-2-3-4;/h6,10H,2-5,7-9H2,1H3;1-2H;/q2*-1;+2/i2T,3T,4T,5T,7T;;. The number of aliphatic hydroxyl groups is 1. The summed E-state index contributed by atoms with van der Waals surface area (Å²) in [6.45, 7) is 4.27. The molecule has 3 nitrogen and oxygen atoms in total. The molecule has 0 aliphatic heterocycles. The van der Waals surface area contributed by atoms with Gasteiger partial charge in [-0.1, -0.05) is 25.8 Å². The first kappa shape index (κ1) is 11.3. The van der Waals surface area contributed by atoms with E-state index in [4.69, 9.17) is 22.0 Å². The van der Waals surface area contributed by atoms with Gasteiger partial charge < -0.3 is 21.5 Å². The van der Waals surface area contributed by atoms with Crippen LogP contribution in [0.4, 0.5) is 0 Å². The van der Waals surface area contributed by atoms with Crippen LogP contribution in [0.5, 0.6) is 0 Å². The van der Waals surface area contributed by atoms with Gasteiger partial charge in [0.1, 0.15) is 0 Å². The fraction of sp³-hybridized carbons (Fsp3) is 0.667. The Labute approximate surface area is 130 Å². The van der Waals surface area contributed by atoms with Gasteiger partial charge in [0.15, 0.2) is 0 Å². The van der Waals surface area contributed by atoms with Crippen molar-refractivity contribution in [1.29, 1.82) is 5.26 Å². The summed E-state index contributed by atoms with van der Waals surface area (Å²) in [6, 6.07) is 1.58. The molecular weight excluding hydrogens is 428 g/mol. The molecule has 0 saturated carbocycles. The number of rotatable bonds is 8. The van der Waals surface area contributed by atoms with Crippen molar-refractivity contribution < 1.29 is 47.8 Å². The van der Waals surface area contributed by atoms with Crippen molar-refractivity contribution in [1.82, 2.24) is 0 Å². The van der Waals surface area contributed by atoms with Gasteiger partial charge in [0.05, 0.1) is 0 Å². The molecule has 1 N–H and O–H groups in total. The fourth-order valence-electron chi connectivity index (χ4n) is 0.498. The minimum atomic E-state index is -1.15. The summed E-state index contributed by atoms with van der Waals surface area (Å²) in [5.41, 5.74) is 0. The molecule has 0 spiro atoms. The van der Waals surface area contributed by atoms with Gasteiger partial charge in [0.2, 0.25) is 0 Å². The van der Waals surface area contributed by atoms with Crippen molar-refractivity contribution >= 4 is 0 Å². The van der Waals surface area contributed by atoms with Crippen molar-refractivity contribution in [3.05, 3.63) is 19.1 Å². The molecule has 5 unspecified atom stereocenters. The molecule has 0 bridgehead atoms. The summed E-state index contributed by atoms with van der Waals surface area (Å²) in [5, 5.41) is 16.0. The Morgan fingerprint density at radius 3 is 2.50 bits per heavy atom. The molecule has 4 heteroatoms. The van der Waals surface area contributed by atoms with Crippen LogP contribution >= 0.6 is 0 Å². The molecule has 0 amide bonds. The van der Waals surface area contributed by atoms with E-state index >= 15 is 0 Å². The predicted molar refractivity (Wildman–Crippen MR) is 60.8 cm³/mol. The van der Waals surface area contributed by atoms with Crippen LogP contribution in [0.1, 0.15) is 38.8 Å². The van der Waals surface area contributed by atoms with Crippen LogP contribution < -0.4 is 0 Å². The molecule has 16 heavy (non-hydrogen) atoms. The molecule has 0 radical (unpaired) electrons. The topological polar surface area (TPSA) is 53.2 Å². The SMILES string of the molecule is [3H]C([CH-]CO)C([3H])C([3H])C([3H])C([3H])COC.[CH-]=CC#N.[U+2]. The number of nitriles is 1. The van der Waals surface area contributed by atoms with Crippen LogP contribution in [0.25, 0.3) is 0 Å². The smallest absolute Gasteiger partial charge is 0.428 e. The number of hydrogen-bond donors (Lipinski definition) is 1. The van der Waals surface area contributed by atoms with E-state index in [0.717, 1.165) is 6.08 Å². The molecular formula is C12H21NO2U. The Morgan fingerprint density at radius 2 is 2.06 bits per heavy atom. The van der Waals surface area contributed by atoms with Crippen molar-refractivity contribution in [3.63, 3.8) is 0 Å². The minimum absolute atomic E-state index is 0. The van der Waals surface area contributed by atoms with Crippen LogP contribution in [0.2, 0.25) is 0 Å². The second-order valence-electron chi connectivity index (χ2n) is 2.17. The molecule has 0 fully saturated rings. The quantitative estimate of drug-likeness (QED) is 0.448. The normalized spacial score (nSPS) is 22.4. The first-order chi connectivity index (χ1) is 9.37. The molecule has 5 atom stereocenters. The Balaban J connectivity index is -0.000000572. The van der Waals surface area contributed by atoms with Crippen molar-refractivity contribution in [2.24, 2.45) is 0 Å². The number of nitrogens with zero attached hydrogens (tertiary/aromatic N) is 1. The van der Waals surface area contributed by atoms with Crippen molar-refractivity contribution in [2.75, 3.05) is 20.3 Å². The van der Waals surface area contributed by atoms with E-state index in [1.165, 1.54) is 13.5 Å². The first-order valence-electron chi connectivity index (χ1n) is 7.23. The van der Waals surface area contributed by atoms with E-state index in [1.807, 2.05) is 0 Å². The van der Waals surface area contributed by atoms with Gasteiger partial charge in [-0.25, -0.2) is 0 Å². The maximum Gasteiger partial charge on any atom is 2.00 e. The summed E-state index contributed by atoms with van der Waals surface area (Å²) in [5.74, 6) is 0. The third-order valence-corrected chi connectivity index (χ3v) is 1.05. The van der Waals surface area contributed by atoms with Gasteiger partial charge in [-0.15, -0.1) is 6.07 Å². The Bertz CT molecular complexity index is 275. The molecule has 0 saturated heterocycles.